The van der Waals surface area contributed by atoms with Gasteiger partial charge in [-0.05, 0) is 20.3 Å². The van der Waals surface area contributed by atoms with Gasteiger partial charge in [-0.3, -0.25) is 4.90 Å². The second-order valence-corrected chi connectivity index (χ2v) is 2.86. The van der Waals surface area contributed by atoms with Gasteiger partial charge in [0.15, 0.2) is 0 Å². The fourth-order valence-electron chi connectivity index (χ4n) is 1.03. The van der Waals surface area contributed by atoms with Gasteiger partial charge in [-0.2, -0.15) is 0 Å². The van der Waals surface area contributed by atoms with Crippen molar-refractivity contribution in [1.82, 2.24) is 4.90 Å². The Labute approximate surface area is 85.2 Å². The molecule has 2 N–H and O–H groups in total. The molecule has 0 aliphatic rings. The van der Waals surface area contributed by atoms with Crippen LogP contribution in [0.15, 0.2) is 0 Å². The average Bonchev–Trinajstić information content (AvgIpc) is 1.87. The zero-order chi connectivity index (χ0) is 8.85. The molecular weight excluding hydrogens is 222 g/mol. The first-order chi connectivity index (χ1) is 5.09. The molecule has 0 aromatic heterocycles. The molecule has 4 heteroatoms. The van der Waals surface area contributed by atoms with Gasteiger partial charge in [-0.25, -0.2) is 0 Å². The molecule has 0 aromatic carbocycles. The lowest BCUT2D eigenvalue weighted by molar-refractivity contribution is -0.0842. The van der Waals surface area contributed by atoms with E-state index in [4.69, 9.17) is 0 Å². The van der Waals surface area contributed by atoms with E-state index < -0.39 is 12.5 Å². The largest absolute Gasteiger partial charge is 0.379 e. The van der Waals surface area contributed by atoms with Crippen LogP contribution in [0.3, 0.4) is 0 Å². The van der Waals surface area contributed by atoms with E-state index in [1.165, 1.54) is 0 Å². The Morgan fingerprint density at radius 2 is 1.58 bits per heavy atom. The van der Waals surface area contributed by atoms with Crippen LogP contribution in [0.1, 0.15) is 33.6 Å². The molecule has 0 saturated heterocycles. The van der Waals surface area contributed by atoms with Crippen molar-refractivity contribution in [3.63, 3.8) is 0 Å². The molecule has 0 amide bonds. The smallest absolute Gasteiger partial charge is 0.106 e. The Kier molecular flexibility index (Phi) is 9.88. The van der Waals surface area contributed by atoms with Gasteiger partial charge >= 0.3 is 0 Å². The third-order valence-corrected chi connectivity index (χ3v) is 1.73. The number of nitrogens with zero attached hydrogens (tertiary/aromatic N) is 1. The fourth-order valence-corrected chi connectivity index (χ4v) is 1.03. The lowest BCUT2D eigenvalue weighted by Crippen LogP contribution is -2.40. The van der Waals surface area contributed by atoms with Crippen LogP contribution in [0.25, 0.3) is 0 Å². The van der Waals surface area contributed by atoms with Crippen LogP contribution in [0, 0.1) is 0 Å². The van der Waals surface area contributed by atoms with Crippen molar-refractivity contribution in [2.75, 3.05) is 6.54 Å². The summed E-state index contributed by atoms with van der Waals surface area (Å²) >= 11 is 0. The number of hydrogen-bond donors (Lipinski definition) is 2. The summed E-state index contributed by atoms with van der Waals surface area (Å²) < 4.78 is 0. The van der Waals surface area contributed by atoms with Gasteiger partial charge in [0, 0.05) is 6.54 Å². The van der Waals surface area contributed by atoms with E-state index in [9.17, 15) is 10.2 Å². The van der Waals surface area contributed by atoms with Crippen LogP contribution in [0.5, 0.6) is 0 Å². The maximum Gasteiger partial charge on any atom is 0.106 e. The number of rotatable bonds is 5. The Bertz CT molecular complexity index is 91.1. The van der Waals surface area contributed by atoms with Crippen molar-refractivity contribution in [3.05, 3.63) is 0 Å². The summed E-state index contributed by atoms with van der Waals surface area (Å²) in [5.41, 5.74) is 0. The summed E-state index contributed by atoms with van der Waals surface area (Å²) in [6, 6.07) is 0. The van der Waals surface area contributed by atoms with E-state index in [0.717, 1.165) is 19.4 Å². The highest BCUT2D eigenvalue weighted by Crippen LogP contribution is 2.03. The normalized spacial score (nSPS) is 15.5. The van der Waals surface area contributed by atoms with Crippen LogP contribution in [0.4, 0.5) is 0 Å². The summed E-state index contributed by atoms with van der Waals surface area (Å²) in [6.07, 6.45) is 0.981. The summed E-state index contributed by atoms with van der Waals surface area (Å²) in [5.74, 6) is 0. The minimum Gasteiger partial charge on any atom is -0.379 e. The van der Waals surface area contributed by atoms with E-state index >= 15 is 0 Å². The summed E-state index contributed by atoms with van der Waals surface area (Å²) in [4.78, 5) is 1.66. The number of hydrogen-bond acceptors (Lipinski definition) is 3. The van der Waals surface area contributed by atoms with E-state index in [1.54, 1.807) is 18.7 Å². The molecule has 0 radical (unpaired) electrons. The SMILES string of the molecule is Br.CCCCN(C(C)O)C(C)O. The molecule has 0 rings (SSSR count). The van der Waals surface area contributed by atoms with Crippen molar-refractivity contribution in [3.8, 4) is 0 Å². The highest BCUT2D eigenvalue weighted by molar-refractivity contribution is 8.93. The van der Waals surface area contributed by atoms with Crippen molar-refractivity contribution >= 4 is 17.0 Å². The van der Waals surface area contributed by atoms with Crippen LogP contribution in [0.2, 0.25) is 0 Å². The summed E-state index contributed by atoms with van der Waals surface area (Å²) in [5, 5.41) is 18.4. The molecule has 0 saturated carbocycles. The van der Waals surface area contributed by atoms with E-state index in [1.807, 2.05) is 0 Å². The number of aliphatic hydroxyl groups excluding tert-OH is 2. The quantitative estimate of drug-likeness (QED) is 0.715. The molecule has 12 heavy (non-hydrogen) atoms. The van der Waals surface area contributed by atoms with Gasteiger partial charge in [0.2, 0.25) is 0 Å². The molecule has 0 aliphatic carbocycles. The fraction of sp³-hybridized carbons (Fsp3) is 1.00. The molecule has 3 nitrogen and oxygen atoms in total. The first kappa shape index (κ1) is 14.9. The summed E-state index contributed by atoms with van der Waals surface area (Å²) in [6.45, 7) is 6.18. The van der Waals surface area contributed by atoms with Gasteiger partial charge in [0.1, 0.15) is 12.5 Å². The van der Waals surface area contributed by atoms with Gasteiger partial charge in [-0.1, -0.05) is 13.3 Å². The van der Waals surface area contributed by atoms with Gasteiger partial charge in [-0.15, -0.1) is 17.0 Å². The number of halogens is 1. The van der Waals surface area contributed by atoms with E-state index in [0.29, 0.717) is 0 Å². The van der Waals surface area contributed by atoms with Gasteiger partial charge in [0.05, 0.1) is 0 Å². The molecule has 0 aromatic rings. The van der Waals surface area contributed by atoms with Gasteiger partial charge in [0.25, 0.3) is 0 Å². The van der Waals surface area contributed by atoms with Crippen molar-refractivity contribution < 1.29 is 10.2 Å². The highest BCUT2D eigenvalue weighted by atomic mass is 79.9. The Morgan fingerprint density at radius 3 is 1.83 bits per heavy atom. The predicted octanol–water partition coefficient (Wildman–Crippen LogP) is 1.34. The highest BCUT2D eigenvalue weighted by Gasteiger charge is 2.14. The minimum absolute atomic E-state index is 0. The van der Waals surface area contributed by atoms with Crippen LogP contribution >= 0.6 is 17.0 Å². The van der Waals surface area contributed by atoms with Crippen LogP contribution in [-0.2, 0) is 0 Å². The lowest BCUT2D eigenvalue weighted by Gasteiger charge is -2.27. The zero-order valence-electron chi connectivity index (χ0n) is 8.03. The molecule has 2 atom stereocenters. The molecule has 0 fully saturated rings. The van der Waals surface area contributed by atoms with Crippen LogP contribution < -0.4 is 0 Å². The zero-order valence-corrected chi connectivity index (χ0v) is 9.74. The van der Waals surface area contributed by atoms with Crippen molar-refractivity contribution in [1.29, 1.82) is 0 Å². The van der Waals surface area contributed by atoms with E-state index in [2.05, 4.69) is 6.92 Å². The van der Waals surface area contributed by atoms with Crippen molar-refractivity contribution in [2.45, 2.75) is 46.1 Å². The Balaban J connectivity index is 0. The average molecular weight is 242 g/mol. The topological polar surface area (TPSA) is 43.7 Å². The molecule has 0 spiro atoms. The molecule has 0 heterocycles. The Morgan fingerprint density at radius 1 is 1.17 bits per heavy atom. The standard InChI is InChI=1S/C8H19NO2.BrH/c1-4-5-6-9(7(2)10)8(3)11;/h7-8,10-11H,4-6H2,1-3H3;1H. The Hall–Kier alpha value is 0.360. The maximum absolute atomic E-state index is 9.18. The number of aliphatic hydroxyl groups is 2. The monoisotopic (exact) mass is 241 g/mol. The molecule has 76 valence electrons. The molecule has 0 bridgehead atoms. The lowest BCUT2D eigenvalue weighted by atomic mass is 10.3. The third-order valence-electron chi connectivity index (χ3n) is 1.73. The van der Waals surface area contributed by atoms with E-state index in [-0.39, 0.29) is 17.0 Å². The van der Waals surface area contributed by atoms with Gasteiger partial charge < -0.3 is 10.2 Å². The first-order valence-electron chi connectivity index (χ1n) is 4.21. The number of unbranched alkanes of at least 4 members (excludes halogenated alkanes) is 1. The maximum atomic E-state index is 9.18. The second kappa shape index (κ2) is 7.98. The summed E-state index contributed by atoms with van der Waals surface area (Å²) in [7, 11) is 0. The molecule has 2 unspecified atom stereocenters. The molecule has 0 aliphatic heterocycles. The second-order valence-electron chi connectivity index (χ2n) is 2.86. The predicted molar refractivity (Wildman–Crippen MR) is 55.3 cm³/mol. The minimum atomic E-state index is -0.554. The third kappa shape index (κ3) is 5.94. The molecular formula is C8H20BrNO2. The van der Waals surface area contributed by atoms with Crippen molar-refractivity contribution in [2.24, 2.45) is 0 Å². The first-order valence-corrected chi connectivity index (χ1v) is 4.21. The van der Waals surface area contributed by atoms with Crippen LogP contribution in [-0.4, -0.2) is 34.1 Å².